The van der Waals surface area contributed by atoms with Crippen LogP contribution in [-0.2, 0) is 0 Å². The molecule has 7 heteroatoms. The molecule has 5 nitrogen and oxygen atoms in total. The van der Waals surface area contributed by atoms with E-state index in [0.717, 1.165) is 11.0 Å². The van der Waals surface area contributed by atoms with E-state index in [1.54, 1.807) is 4.57 Å². The van der Waals surface area contributed by atoms with Crippen molar-refractivity contribution in [1.29, 1.82) is 0 Å². The maximum absolute atomic E-state index is 6.06. The zero-order chi connectivity index (χ0) is 11.8. The molecule has 0 unspecified atom stereocenters. The van der Waals surface area contributed by atoms with Crippen molar-refractivity contribution in [2.45, 2.75) is 0 Å². The Balaban J connectivity index is 2.33. The lowest BCUT2D eigenvalue weighted by atomic mass is 10.3. The van der Waals surface area contributed by atoms with Gasteiger partial charge in [-0.05, 0) is 35.3 Å². The van der Waals surface area contributed by atoms with Crippen LogP contribution in [0.2, 0.25) is 10.6 Å². The molecule has 0 fully saturated rings. The zero-order valence-electron chi connectivity index (χ0n) is 8.38. The van der Waals surface area contributed by atoms with E-state index in [9.17, 15) is 0 Å². The van der Waals surface area contributed by atoms with Gasteiger partial charge in [0.15, 0.2) is 0 Å². The summed E-state index contributed by atoms with van der Waals surface area (Å²) in [7, 11) is 0. The minimum absolute atomic E-state index is 0.115. The molecule has 17 heavy (non-hydrogen) atoms. The fourth-order valence-electron chi connectivity index (χ4n) is 1.56. The van der Waals surface area contributed by atoms with Crippen molar-refractivity contribution in [2.24, 2.45) is 0 Å². The van der Waals surface area contributed by atoms with E-state index in [4.69, 9.17) is 23.2 Å². The summed E-state index contributed by atoms with van der Waals surface area (Å²) in [4.78, 5) is 16.0. The first-order chi connectivity index (χ1) is 8.25. The lowest BCUT2D eigenvalue weighted by Crippen LogP contribution is -2.01. The zero-order valence-corrected chi connectivity index (χ0v) is 9.89. The number of imidazole rings is 1. The normalized spacial score (nSPS) is 10.9. The molecule has 1 aromatic carbocycles. The molecule has 0 radical (unpaired) electrons. The van der Waals surface area contributed by atoms with E-state index in [2.05, 4.69) is 19.9 Å². The number of hydrogen-bond donors (Lipinski definition) is 0. The van der Waals surface area contributed by atoms with E-state index in [-0.39, 0.29) is 10.6 Å². The number of hydrogen-bond acceptors (Lipinski definition) is 4. The highest BCUT2D eigenvalue weighted by molar-refractivity contribution is 6.29. The van der Waals surface area contributed by atoms with Crippen LogP contribution in [0.4, 0.5) is 0 Å². The van der Waals surface area contributed by atoms with E-state index >= 15 is 0 Å². The van der Waals surface area contributed by atoms with Gasteiger partial charge >= 0.3 is 0 Å². The second kappa shape index (κ2) is 3.94. The fraction of sp³-hybridized carbons (Fsp3) is 0. The molecule has 84 valence electrons. The Bertz CT molecular complexity index is 694. The van der Waals surface area contributed by atoms with Gasteiger partial charge in [0, 0.05) is 0 Å². The largest absolute Gasteiger partial charge is 0.251 e. The maximum atomic E-state index is 6.06. The van der Waals surface area contributed by atoms with Crippen molar-refractivity contribution in [3.8, 4) is 5.95 Å². The van der Waals surface area contributed by atoms with Crippen LogP contribution < -0.4 is 0 Å². The van der Waals surface area contributed by atoms with Crippen molar-refractivity contribution in [2.75, 3.05) is 0 Å². The van der Waals surface area contributed by atoms with E-state index < -0.39 is 0 Å². The second-order valence-electron chi connectivity index (χ2n) is 3.26. The lowest BCUT2D eigenvalue weighted by Gasteiger charge is -2.02. The van der Waals surface area contributed by atoms with Crippen molar-refractivity contribution < 1.29 is 0 Å². The number of benzene rings is 1. The van der Waals surface area contributed by atoms with Crippen LogP contribution in [0.3, 0.4) is 0 Å². The molecule has 0 saturated heterocycles. The number of rotatable bonds is 1. The summed E-state index contributed by atoms with van der Waals surface area (Å²) in [5.74, 6) is 0.351. The lowest BCUT2D eigenvalue weighted by molar-refractivity contribution is 0.913. The van der Waals surface area contributed by atoms with E-state index in [0.29, 0.717) is 5.95 Å². The average Bonchev–Trinajstić information content (AvgIpc) is 2.64. The minimum atomic E-state index is 0.115. The van der Waals surface area contributed by atoms with Crippen LogP contribution in [0.1, 0.15) is 0 Å². The summed E-state index contributed by atoms with van der Waals surface area (Å²) >= 11 is 11.8. The first-order valence-corrected chi connectivity index (χ1v) is 5.49. The Morgan fingerprint density at radius 1 is 1.00 bits per heavy atom. The summed E-state index contributed by atoms with van der Waals surface area (Å²) in [5, 5.41) is 0.400. The summed E-state index contributed by atoms with van der Waals surface area (Å²) in [6.45, 7) is 0. The molecule has 0 amide bonds. The monoisotopic (exact) mass is 265 g/mol. The molecule has 0 aliphatic heterocycles. The molecule has 0 saturated carbocycles. The molecular weight excluding hydrogens is 261 g/mol. The SMILES string of the molecule is Clc1ncnc(-n2c(Cl)nc3ccccc32)n1. The number of nitrogens with zero attached hydrogens (tertiary/aromatic N) is 5. The van der Waals surface area contributed by atoms with Crippen LogP contribution in [-0.4, -0.2) is 24.5 Å². The number of halogens is 2. The molecule has 3 aromatic rings. The van der Waals surface area contributed by atoms with E-state index in [1.165, 1.54) is 6.33 Å². The van der Waals surface area contributed by atoms with E-state index in [1.807, 2.05) is 24.3 Å². The number of aromatic nitrogens is 5. The van der Waals surface area contributed by atoms with Gasteiger partial charge in [-0.25, -0.2) is 15.0 Å². The smallest absolute Gasteiger partial charge is 0.240 e. The van der Waals surface area contributed by atoms with Gasteiger partial charge in [0.1, 0.15) is 6.33 Å². The molecule has 2 aromatic heterocycles. The molecule has 0 atom stereocenters. The summed E-state index contributed by atoms with van der Waals surface area (Å²) in [6, 6.07) is 7.52. The Morgan fingerprint density at radius 3 is 2.65 bits per heavy atom. The fourth-order valence-corrected chi connectivity index (χ4v) is 1.94. The Hall–Kier alpha value is -1.72. The predicted octanol–water partition coefficient (Wildman–Crippen LogP) is 2.52. The van der Waals surface area contributed by atoms with Gasteiger partial charge in [-0.1, -0.05) is 12.1 Å². The minimum Gasteiger partial charge on any atom is -0.251 e. The second-order valence-corrected chi connectivity index (χ2v) is 3.94. The third-order valence-corrected chi connectivity index (χ3v) is 2.69. The van der Waals surface area contributed by atoms with Crippen molar-refractivity contribution in [1.82, 2.24) is 24.5 Å². The Kier molecular flexibility index (Phi) is 2.42. The number of para-hydroxylation sites is 2. The highest BCUT2D eigenvalue weighted by Gasteiger charge is 2.12. The van der Waals surface area contributed by atoms with Gasteiger partial charge in [-0.3, -0.25) is 4.57 Å². The molecular formula is C10H5Cl2N5. The first kappa shape index (κ1) is 10.4. The van der Waals surface area contributed by atoms with Crippen molar-refractivity contribution in [3.05, 3.63) is 41.2 Å². The van der Waals surface area contributed by atoms with Crippen LogP contribution in [0.5, 0.6) is 0 Å². The van der Waals surface area contributed by atoms with Gasteiger partial charge < -0.3 is 0 Å². The highest BCUT2D eigenvalue weighted by atomic mass is 35.5. The first-order valence-electron chi connectivity index (χ1n) is 4.73. The van der Waals surface area contributed by atoms with Crippen LogP contribution in [0.25, 0.3) is 17.0 Å². The van der Waals surface area contributed by atoms with Gasteiger partial charge in [-0.2, -0.15) is 4.98 Å². The standard InChI is InChI=1S/C10H5Cl2N5/c11-8-13-5-14-10(16-8)17-7-4-2-1-3-6(7)15-9(17)12/h1-5H. The molecule has 0 spiro atoms. The van der Waals surface area contributed by atoms with Gasteiger partial charge in [-0.15, -0.1) is 0 Å². The Morgan fingerprint density at radius 2 is 1.82 bits per heavy atom. The van der Waals surface area contributed by atoms with Crippen LogP contribution >= 0.6 is 23.2 Å². The summed E-state index contributed by atoms with van der Waals surface area (Å²) in [5.41, 5.74) is 1.59. The Labute approximate surface area is 106 Å². The predicted molar refractivity (Wildman–Crippen MR) is 64.5 cm³/mol. The molecule has 3 rings (SSSR count). The maximum Gasteiger partial charge on any atom is 0.240 e. The molecule has 0 bridgehead atoms. The third kappa shape index (κ3) is 1.73. The van der Waals surface area contributed by atoms with Gasteiger partial charge in [0.05, 0.1) is 11.0 Å². The molecule has 2 heterocycles. The molecule has 0 aliphatic carbocycles. The highest BCUT2D eigenvalue weighted by Crippen LogP contribution is 2.22. The van der Waals surface area contributed by atoms with Gasteiger partial charge in [0.25, 0.3) is 0 Å². The van der Waals surface area contributed by atoms with Crippen molar-refractivity contribution >= 4 is 34.2 Å². The summed E-state index contributed by atoms with van der Waals surface area (Å²) in [6.07, 6.45) is 1.33. The van der Waals surface area contributed by atoms with Crippen LogP contribution in [0.15, 0.2) is 30.6 Å². The topological polar surface area (TPSA) is 56.5 Å². The quantitative estimate of drug-likeness (QED) is 0.679. The van der Waals surface area contributed by atoms with Crippen molar-refractivity contribution in [3.63, 3.8) is 0 Å². The third-order valence-electron chi connectivity index (χ3n) is 2.25. The average molecular weight is 266 g/mol. The number of fused-ring (bicyclic) bond motifs is 1. The summed E-state index contributed by atoms with van der Waals surface area (Å²) < 4.78 is 1.62. The molecule has 0 aliphatic rings. The van der Waals surface area contributed by atoms with Gasteiger partial charge in [0.2, 0.25) is 16.5 Å². The molecule has 0 N–H and O–H groups in total. The van der Waals surface area contributed by atoms with Crippen LogP contribution in [0, 0.1) is 0 Å².